The van der Waals surface area contributed by atoms with Crippen molar-refractivity contribution in [3.8, 4) is 0 Å². The van der Waals surface area contributed by atoms with E-state index < -0.39 is 5.97 Å². The van der Waals surface area contributed by atoms with Crippen molar-refractivity contribution in [2.45, 2.75) is 64.2 Å². The number of unbranched alkanes of at least 4 members (excludes halogenated alkanes) is 7. The van der Waals surface area contributed by atoms with Gasteiger partial charge in [0, 0.05) is 11.3 Å². The third-order valence-electron chi connectivity index (χ3n) is 3.14. The largest absolute Gasteiger partial charge is 0.481 e. The number of rotatable bonds is 11. The van der Waals surface area contributed by atoms with Crippen molar-refractivity contribution in [3.05, 3.63) is 22.4 Å². The Kier molecular flexibility index (Phi) is 8.57. The summed E-state index contributed by atoms with van der Waals surface area (Å²) in [5.41, 5.74) is 0. The average Bonchev–Trinajstić information content (AvgIpc) is 2.84. The van der Waals surface area contributed by atoms with Crippen molar-refractivity contribution in [3.63, 3.8) is 0 Å². The molecule has 0 aliphatic carbocycles. The molecule has 0 unspecified atom stereocenters. The summed E-state index contributed by atoms with van der Waals surface area (Å²) in [6, 6.07) is 4.34. The zero-order valence-electron chi connectivity index (χ0n) is 11.1. The van der Waals surface area contributed by atoms with E-state index >= 15 is 0 Å². The number of aryl methyl sites for hydroxylation is 1. The first-order valence-corrected chi connectivity index (χ1v) is 7.91. The molecule has 0 amide bonds. The van der Waals surface area contributed by atoms with Gasteiger partial charge in [0.25, 0.3) is 0 Å². The molecule has 3 heteroatoms. The summed E-state index contributed by atoms with van der Waals surface area (Å²) in [4.78, 5) is 11.8. The molecule has 0 spiro atoms. The van der Waals surface area contributed by atoms with E-state index in [0.717, 1.165) is 12.8 Å². The van der Waals surface area contributed by atoms with E-state index in [1.807, 2.05) is 11.3 Å². The molecular weight excluding hydrogens is 244 g/mol. The molecule has 1 aromatic rings. The number of carboxylic acid groups (broad SMARTS) is 1. The second kappa shape index (κ2) is 10.1. The smallest absolute Gasteiger partial charge is 0.303 e. The molecule has 18 heavy (non-hydrogen) atoms. The lowest BCUT2D eigenvalue weighted by Crippen LogP contribution is -1.93. The predicted octanol–water partition coefficient (Wildman–Crippen LogP) is 4.89. The first kappa shape index (κ1) is 15.2. The van der Waals surface area contributed by atoms with Gasteiger partial charge in [0.1, 0.15) is 0 Å². The van der Waals surface area contributed by atoms with Gasteiger partial charge in [0.2, 0.25) is 0 Å². The Morgan fingerprint density at radius 2 is 1.61 bits per heavy atom. The molecule has 0 bridgehead atoms. The van der Waals surface area contributed by atoms with Crippen molar-refractivity contribution in [1.82, 2.24) is 0 Å². The Bertz CT molecular complexity index is 306. The number of hydrogen-bond acceptors (Lipinski definition) is 2. The molecule has 0 radical (unpaired) electrons. The first-order valence-electron chi connectivity index (χ1n) is 7.03. The average molecular weight is 268 g/mol. The van der Waals surface area contributed by atoms with Crippen molar-refractivity contribution in [2.75, 3.05) is 0 Å². The Morgan fingerprint density at radius 3 is 2.17 bits per heavy atom. The summed E-state index contributed by atoms with van der Waals surface area (Å²) < 4.78 is 0. The highest BCUT2D eigenvalue weighted by atomic mass is 32.1. The van der Waals surface area contributed by atoms with Crippen LogP contribution in [0.2, 0.25) is 0 Å². The summed E-state index contributed by atoms with van der Waals surface area (Å²) in [6.07, 6.45) is 11.2. The van der Waals surface area contributed by atoms with Gasteiger partial charge in [-0.3, -0.25) is 4.79 Å². The number of aliphatic carboxylic acids is 1. The van der Waals surface area contributed by atoms with Gasteiger partial charge in [-0.2, -0.15) is 0 Å². The zero-order chi connectivity index (χ0) is 13.1. The van der Waals surface area contributed by atoms with Crippen LogP contribution in [0.4, 0.5) is 0 Å². The Hall–Kier alpha value is -0.830. The summed E-state index contributed by atoms with van der Waals surface area (Å²) in [7, 11) is 0. The third kappa shape index (κ3) is 8.29. The van der Waals surface area contributed by atoms with Crippen molar-refractivity contribution in [1.29, 1.82) is 0 Å². The van der Waals surface area contributed by atoms with Crippen LogP contribution in [0.5, 0.6) is 0 Å². The highest BCUT2D eigenvalue weighted by Crippen LogP contribution is 2.14. The lowest BCUT2D eigenvalue weighted by Gasteiger charge is -2.01. The van der Waals surface area contributed by atoms with Gasteiger partial charge in [-0.15, -0.1) is 11.3 Å². The lowest BCUT2D eigenvalue weighted by molar-refractivity contribution is -0.137. The second-order valence-corrected chi connectivity index (χ2v) is 5.83. The van der Waals surface area contributed by atoms with Gasteiger partial charge >= 0.3 is 5.97 Å². The van der Waals surface area contributed by atoms with E-state index in [2.05, 4.69) is 17.5 Å². The zero-order valence-corrected chi connectivity index (χ0v) is 11.9. The highest BCUT2D eigenvalue weighted by molar-refractivity contribution is 7.09. The quantitative estimate of drug-likeness (QED) is 0.580. The van der Waals surface area contributed by atoms with Crippen LogP contribution in [0.1, 0.15) is 62.7 Å². The molecule has 102 valence electrons. The highest BCUT2D eigenvalue weighted by Gasteiger charge is 1.97. The van der Waals surface area contributed by atoms with E-state index in [0.29, 0.717) is 6.42 Å². The van der Waals surface area contributed by atoms with Crippen LogP contribution < -0.4 is 0 Å². The predicted molar refractivity (Wildman–Crippen MR) is 77.2 cm³/mol. The molecule has 2 nitrogen and oxygen atoms in total. The molecule has 0 atom stereocenters. The van der Waals surface area contributed by atoms with E-state index in [9.17, 15) is 4.79 Å². The van der Waals surface area contributed by atoms with Crippen LogP contribution in [0.25, 0.3) is 0 Å². The second-order valence-electron chi connectivity index (χ2n) is 4.80. The maximum Gasteiger partial charge on any atom is 0.303 e. The van der Waals surface area contributed by atoms with E-state index in [4.69, 9.17) is 5.11 Å². The molecule has 1 heterocycles. The SMILES string of the molecule is O=C(O)CCCCCCCCCCc1cccs1. The molecule has 1 rings (SSSR count). The summed E-state index contributed by atoms with van der Waals surface area (Å²) in [5.74, 6) is -0.663. The van der Waals surface area contributed by atoms with Gasteiger partial charge in [-0.05, 0) is 30.7 Å². The maximum atomic E-state index is 10.3. The molecular formula is C15H24O2S. The van der Waals surface area contributed by atoms with Gasteiger partial charge < -0.3 is 5.11 Å². The molecule has 0 aromatic carbocycles. The number of thiophene rings is 1. The summed E-state index contributed by atoms with van der Waals surface area (Å²) in [5, 5.41) is 10.6. The minimum absolute atomic E-state index is 0.334. The van der Waals surface area contributed by atoms with Crippen LogP contribution in [0.15, 0.2) is 17.5 Å². The van der Waals surface area contributed by atoms with Gasteiger partial charge in [-0.1, -0.05) is 44.6 Å². The summed E-state index contributed by atoms with van der Waals surface area (Å²) >= 11 is 1.85. The number of carboxylic acids is 1. The van der Waals surface area contributed by atoms with Crippen LogP contribution in [-0.4, -0.2) is 11.1 Å². The van der Waals surface area contributed by atoms with Crippen LogP contribution in [0, 0.1) is 0 Å². The lowest BCUT2D eigenvalue weighted by atomic mass is 10.1. The fourth-order valence-electron chi connectivity index (χ4n) is 2.09. The normalized spacial score (nSPS) is 10.7. The van der Waals surface area contributed by atoms with Crippen molar-refractivity contribution >= 4 is 17.3 Å². The Labute approximate surface area is 114 Å². The molecule has 1 N–H and O–H groups in total. The van der Waals surface area contributed by atoms with Crippen molar-refractivity contribution in [2.24, 2.45) is 0 Å². The fourth-order valence-corrected chi connectivity index (χ4v) is 2.84. The molecule has 0 saturated carbocycles. The van der Waals surface area contributed by atoms with Crippen LogP contribution >= 0.6 is 11.3 Å². The van der Waals surface area contributed by atoms with E-state index in [1.54, 1.807) is 0 Å². The minimum atomic E-state index is -0.663. The van der Waals surface area contributed by atoms with Crippen LogP contribution in [0.3, 0.4) is 0 Å². The topological polar surface area (TPSA) is 37.3 Å². The summed E-state index contributed by atoms with van der Waals surface area (Å²) in [6.45, 7) is 0. The first-order chi connectivity index (χ1) is 8.79. The standard InChI is InChI=1S/C15H24O2S/c16-15(17)12-8-6-4-2-1-3-5-7-10-14-11-9-13-18-14/h9,11,13H,1-8,10,12H2,(H,16,17). The number of carbonyl (C=O) groups is 1. The third-order valence-corrected chi connectivity index (χ3v) is 4.08. The van der Waals surface area contributed by atoms with Gasteiger partial charge in [-0.25, -0.2) is 0 Å². The fraction of sp³-hybridized carbons (Fsp3) is 0.667. The molecule has 0 saturated heterocycles. The van der Waals surface area contributed by atoms with Gasteiger partial charge in [0.15, 0.2) is 0 Å². The van der Waals surface area contributed by atoms with Crippen molar-refractivity contribution < 1.29 is 9.90 Å². The maximum absolute atomic E-state index is 10.3. The molecule has 0 aliphatic rings. The Morgan fingerprint density at radius 1 is 1.00 bits per heavy atom. The molecule has 1 aromatic heterocycles. The Balaban J connectivity index is 1.77. The monoisotopic (exact) mass is 268 g/mol. The van der Waals surface area contributed by atoms with Crippen LogP contribution in [-0.2, 0) is 11.2 Å². The van der Waals surface area contributed by atoms with Gasteiger partial charge in [0.05, 0.1) is 0 Å². The number of hydrogen-bond donors (Lipinski definition) is 1. The van der Waals surface area contributed by atoms with E-state index in [-0.39, 0.29) is 0 Å². The minimum Gasteiger partial charge on any atom is -0.481 e. The van der Waals surface area contributed by atoms with E-state index in [1.165, 1.54) is 49.8 Å². The molecule has 0 aliphatic heterocycles. The molecule has 0 fully saturated rings.